The fourth-order valence-corrected chi connectivity index (χ4v) is 2.02. The fraction of sp³-hybridized carbons (Fsp3) is 0.167. The van der Waals surface area contributed by atoms with Crippen LogP contribution in [0.3, 0.4) is 0 Å². The Bertz CT molecular complexity index is 649. The average molecular weight is 349 g/mol. The molecule has 0 saturated heterocycles. The largest absolute Gasteiger partial charge is 0.337 e. The van der Waals surface area contributed by atoms with Crippen molar-refractivity contribution in [2.45, 2.75) is 13.8 Å². The minimum absolute atomic E-state index is 0.102. The number of rotatable bonds is 2. The zero-order valence-corrected chi connectivity index (χ0v) is 12.4. The first-order chi connectivity index (χ1) is 8.88. The molecule has 2 rings (SSSR count). The third kappa shape index (κ3) is 3.01. The Hall–Kier alpha value is -1.27. The number of halogens is 4. The SMILES string of the molecule is Cc1nc(Cl)c(C)c(Nc2cc(Br)c(F)cc2F)n1. The van der Waals surface area contributed by atoms with Gasteiger partial charge in [0.25, 0.3) is 0 Å². The van der Waals surface area contributed by atoms with E-state index in [4.69, 9.17) is 11.6 Å². The van der Waals surface area contributed by atoms with Crippen LogP contribution >= 0.6 is 27.5 Å². The monoisotopic (exact) mass is 347 g/mol. The predicted molar refractivity (Wildman–Crippen MR) is 73.9 cm³/mol. The van der Waals surface area contributed by atoms with Crippen molar-refractivity contribution in [1.29, 1.82) is 0 Å². The van der Waals surface area contributed by atoms with Gasteiger partial charge in [-0.3, -0.25) is 0 Å². The molecule has 0 aliphatic rings. The molecule has 1 N–H and O–H groups in total. The molecule has 3 nitrogen and oxygen atoms in total. The van der Waals surface area contributed by atoms with Crippen LogP contribution in [0.25, 0.3) is 0 Å². The number of aryl methyl sites for hydroxylation is 1. The molecule has 1 aromatic heterocycles. The summed E-state index contributed by atoms with van der Waals surface area (Å²) in [5, 5.41) is 3.07. The van der Waals surface area contributed by atoms with Crippen LogP contribution in [0, 0.1) is 25.5 Å². The first-order valence-electron chi connectivity index (χ1n) is 5.31. The van der Waals surface area contributed by atoms with Gasteiger partial charge in [-0.1, -0.05) is 11.6 Å². The Morgan fingerprint density at radius 1 is 1.16 bits per heavy atom. The zero-order valence-electron chi connectivity index (χ0n) is 10.1. The van der Waals surface area contributed by atoms with Crippen LogP contribution in [0.15, 0.2) is 16.6 Å². The Balaban J connectivity index is 2.44. The van der Waals surface area contributed by atoms with Gasteiger partial charge < -0.3 is 5.32 Å². The molecule has 0 spiro atoms. The molecule has 19 heavy (non-hydrogen) atoms. The smallest absolute Gasteiger partial charge is 0.149 e. The summed E-state index contributed by atoms with van der Waals surface area (Å²) in [7, 11) is 0. The molecule has 0 unspecified atom stereocenters. The van der Waals surface area contributed by atoms with E-state index in [1.807, 2.05) is 0 Å². The molecule has 0 aliphatic heterocycles. The number of nitrogens with zero attached hydrogens (tertiary/aromatic N) is 2. The number of aromatic nitrogens is 2. The molecule has 1 heterocycles. The van der Waals surface area contributed by atoms with Crippen molar-refractivity contribution in [2.24, 2.45) is 0 Å². The Kier molecular flexibility index (Phi) is 4.01. The van der Waals surface area contributed by atoms with Crippen LogP contribution in [-0.4, -0.2) is 9.97 Å². The van der Waals surface area contributed by atoms with E-state index in [1.54, 1.807) is 13.8 Å². The van der Waals surface area contributed by atoms with Crippen LogP contribution in [0.2, 0.25) is 5.15 Å². The van der Waals surface area contributed by atoms with Gasteiger partial charge in [0.05, 0.1) is 10.2 Å². The van der Waals surface area contributed by atoms with E-state index >= 15 is 0 Å². The maximum atomic E-state index is 13.6. The van der Waals surface area contributed by atoms with E-state index < -0.39 is 11.6 Å². The van der Waals surface area contributed by atoms with Crippen LogP contribution in [-0.2, 0) is 0 Å². The minimum atomic E-state index is -0.715. The normalized spacial score (nSPS) is 10.6. The van der Waals surface area contributed by atoms with Gasteiger partial charge in [0.1, 0.15) is 28.4 Å². The highest BCUT2D eigenvalue weighted by atomic mass is 79.9. The highest BCUT2D eigenvalue weighted by Crippen LogP contribution is 2.28. The quantitative estimate of drug-likeness (QED) is 0.640. The molecular formula is C12H9BrClF2N3. The molecule has 0 atom stereocenters. The number of hydrogen-bond acceptors (Lipinski definition) is 3. The van der Waals surface area contributed by atoms with Crippen LogP contribution < -0.4 is 5.32 Å². The van der Waals surface area contributed by atoms with E-state index in [0.717, 1.165) is 6.07 Å². The zero-order chi connectivity index (χ0) is 14.2. The van der Waals surface area contributed by atoms with Crippen LogP contribution in [0.4, 0.5) is 20.3 Å². The molecule has 7 heteroatoms. The van der Waals surface area contributed by atoms with Gasteiger partial charge in [-0.05, 0) is 35.8 Å². The summed E-state index contributed by atoms with van der Waals surface area (Å²) < 4.78 is 27.0. The summed E-state index contributed by atoms with van der Waals surface area (Å²) in [6, 6.07) is 2.09. The molecule has 0 radical (unpaired) electrons. The summed E-state index contributed by atoms with van der Waals surface area (Å²) in [6.45, 7) is 3.38. The van der Waals surface area contributed by atoms with E-state index in [1.165, 1.54) is 6.07 Å². The molecule has 2 aromatic rings. The predicted octanol–water partition coefficient (Wildman–Crippen LogP) is 4.53. The second-order valence-corrected chi connectivity index (χ2v) is 5.12. The van der Waals surface area contributed by atoms with Crippen LogP contribution in [0.5, 0.6) is 0 Å². The lowest BCUT2D eigenvalue weighted by Gasteiger charge is -2.11. The number of hydrogen-bond donors (Lipinski definition) is 1. The highest BCUT2D eigenvalue weighted by Gasteiger charge is 2.12. The lowest BCUT2D eigenvalue weighted by atomic mass is 10.2. The Morgan fingerprint density at radius 3 is 2.53 bits per heavy atom. The number of nitrogens with one attached hydrogen (secondary N) is 1. The first kappa shape index (κ1) is 14.1. The van der Waals surface area contributed by atoms with Crippen molar-refractivity contribution >= 4 is 39.0 Å². The van der Waals surface area contributed by atoms with E-state index in [2.05, 4.69) is 31.2 Å². The Labute approximate surface area is 122 Å². The van der Waals surface area contributed by atoms with Crippen LogP contribution in [0.1, 0.15) is 11.4 Å². The minimum Gasteiger partial charge on any atom is -0.337 e. The lowest BCUT2D eigenvalue weighted by Crippen LogP contribution is -2.03. The van der Waals surface area contributed by atoms with E-state index in [9.17, 15) is 8.78 Å². The van der Waals surface area contributed by atoms with Crippen molar-refractivity contribution in [3.05, 3.63) is 44.8 Å². The fourth-order valence-electron chi connectivity index (χ4n) is 1.46. The average Bonchev–Trinajstić information content (AvgIpc) is 2.32. The standard InChI is InChI=1S/C12H9BrClF2N3/c1-5-11(14)17-6(2)18-12(5)19-10-3-7(13)8(15)4-9(10)16/h3-4H,1-2H3,(H,17,18,19). The van der Waals surface area contributed by atoms with Gasteiger partial charge in [0.2, 0.25) is 0 Å². The van der Waals surface area contributed by atoms with E-state index in [-0.39, 0.29) is 15.3 Å². The summed E-state index contributed by atoms with van der Waals surface area (Å²) >= 11 is 8.93. The molecule has 0 bridgehead atoms. The second kappa shape index (κ2) is 5.38. The summed E-state index contributed by atoms with van der Waals surface area (Å²) in [5.41, 5.74) is 0.692. The third-order valence-electron chi connectivity index (χ3n) is 2.46. The van der Waals surface area contributed by atoms with Gasteiger partial charge in [0, 0.05) is 11.6 Å². The summed E-state index contributed by atoms with van der Waals surface area (Å²) in [5.74, 6) is -0.543. The van der Waals surface area contributed by atoms with Crippen molar-refractivity contribution < 1.29 is 8.78 Å². The van der Waals surface area contributed by atoms with Gasteiger partial charge in [0.15, 0.2) is 0 Å². The maximum absolute atomic E-state index is 13.6. The van der Waals surface area contributed by atoms with Crippen molar-refractivity contribution in [2.75, 3.05) is 5.32 Å². The molecular weight excluding hydrogens is 340 g/mol. The summed E-state index contributed by atoms with van der Waals surface area (Å²) in [4.78, 5) is 8.12. The summed E-state index contributed by atoms with van der Waals surface area (Å²) in [6.07, 6.45) is 0. The van der Waals surface area contributed by atoms with Crippen molar-refractivity contribution in [3.8, 4) is 0 Å². The maximum Gasteiger partial charge on any atom is 0.149 e. The van der Waals surface area contributed by atoms with Gasteiger partial charge in [-0.15, -0.1) is 0 Å². The molecule has 0 saturated carbocycles. The highest BCUT2D eigenvalue weighted by molar-refractivity contribution is 9.10. The molecule has 0 aliphatic carbocycles. The molecule has 0 amide bonds. The number of benzene rings is 1. The molecule has 0 fully saturated rings. The second-order valence-electron chi connectivity index (χ2n) is 3.91. The number of anilines is 2. The van der Waals surface area contributed by atoms with Crippen molar-refractivity contribution in [1.82, 2.24) is 9.97 Å². The van der Waals surface area contributed by atoms with Gasteiger partial charge in [-0.25, -0.2) is 18.7 Å². The topological polar surface area (TPSA) is 37.8 Å². The van der Waals surface area contributed by atoms with E-state index in [0.29, 0.717) is 17.2 Å². The van der Waals surface area contributed by atoms with Crippen molar-refractivity contribution in [3.63, 3.8) is 0 Å². The molecule has 100 valence electrons. The molecule has 1 aromatic carbocycles. The van der Waals surface area contributed by atoms with Gasteiger partial charge >= 0.3 is 0 Å². The Morgan fingerprint density at radius 2 is 1.84 bits per heavy atom. The lowest BCUT2D eigenvalue weighted by molar-refractivity contribution is 0.581. The third-order valence-corrected chi connectivity index (χ3v) is 3.44. The van der Waals surface area contributed by atoms with Gasteiger partial charge in [-0.2, -0.15) is 0 Å². The first-order valence-corrected chi connectivity index (χ1v) is 6.48.